The third-order valence-electron chi connectivity index (χ3n) is 11.0. The number of nitrogens with zero attached hydrogens (tertiary/aromatic N) is 9. The summed E-state index contributed by atoms with van der Waals surface area (Å²) in [6, 6.07) is 21.7. The number of hydrogen-bond donors (Lipinski definition) is 8. The van der Waals surface area contributed by atoms with Crippen molar-refractivity contribution in [3.63, 3.8) is 0 Å². The number of aliphatic hydroxyl groups is 3. The molecule has 0 amide bonds. The first-order chi connectivity index (χ1) is 36.3. The molecule has 0 aliphatic heterocycles. The van der Waals surface area contributed by atoms with Crippen molar-refractivity contribution in [1.29, 1.82) is 0 Å². The lowest BCUT2D eigenvalue weighted by Gasteiger charge is -2.09. The van der Waals surface area contributed by atoms with Crippen molar-refractivity contribution in [2.45, 2.75) is 47.1 Å². The molecule has 0 saturated heterocycles. The number of benzene rings is 3. The quantitative estimate of drug-likeness (QED) is 0.0525. The van der Waals surface area contributed by atoms with Crippen molar-refractivity contribution in [3.05, 3.63) is 144 Å². The van der Waals surface area contributed by atoms with E-state index in [4.69, 9.17) is 43.4 Å². The van der Waals surface area contributed by atoms with Gasteiger partial charge < -0.3 is 43.4 Å². The molecule has 0 spiro atoms. The SMILES string of the molecule is C.CC(CO)CC(=O)c1cc(F)cc(-c2ccc3ncnc(N)c3n2)c1.CC(CO)CC(=O)c1cc(F)cc(-c2ccc3ncnc(N)c3n2)c1.CC(N)CO.Nc1ncnc2ccc(-c3cc(F)cc(C(=O)O)c3)nc12. The van der Waals surface area contributed by atoms with E-state index in [9.17, 15) is 27.6 Å². The van der Waals surface area contributed by atoms with Gasteiger partial charge in [0.05, 0.1) is 45.8 Å². The lowest BCUT2D eigenvalue weighted by Crippen LogP contribution is -2.18. The van der Waals surface area contributed by atoms with E-state index in [0.717, 1.165) is 6.07 Å². The van der Waals surface area contributed by atoms with E-state index in [-0.39, 0.29) is 104 Å². The Balaban J connectivity index is 0.000000203. The third-order valence-corrected chi connectivity index (χ3v) is 11.0. The minimum absolute atomic E-state index is 0. The fourth-order valence-corrected chi connectivity index (χ4v) is 7.01. The number of nitrogen functional groups attached to an aromatic ring is 3. The Morgan fingerprint density at radius 3 is 1.06 bits per heavy atom. The number of carboxylic acids is 1. The van der Waals surface area contributed by atoms with Crippen molar-refractivity contribution in [2.24, 2.45) is 17.6 Å². The molecule has 12 N–H and O–H groups in total. The molecule has 0 bridgehead atoms. The Labute approximate surface area is 439 Å². The number of carbonyl (C=O) groups is 3. The van der Waals surface area contributed by atoms with Gasteiger partial charge in [0.1, 0.15) is 53.0 Å². The van der Waals surface area contributed by atoms with Crippen LogP contribution in [0.1, 0.15) is 72.1 Å². The van der Waals surface area contributed by atoms with Crippen LogP contribution in [0.15, 0.2) is 110 Å². The number of aromatic carboxylic acids is 1. The van der Waals surface area contributed by atoms with Crippen LogP contribution in [-0.2, 0) is 0 Å². The normalized spacial score (nSPS) is 11.9. The van der Waals surface area contributed by atoms with Gasteiger partial charge in [0.15, 0.2) is 29.0 Å². The summed E-state index contributed by atoms with van der Waals surface area (Å²) in [7, 11) is 0. The number of halogens is 3. The molecule has 6 aromatic heterocycles. The number of rotatable bonds is 13. The number of ketones is 2. The molecule has 0 fully saturated rings. The van der Waals surface area contributed by atoms with Gasteiger partial charge in [-0.3, -0.25) is 9.59 Å². The van der Waals surface area contributed by atoms with Crippen molar-refractivity contribution < 1.29 is 48.0 Å². The lowest BCUT2D eigenvalue weighted by atomic mass is 9.98. The number of anilines is 3. The van der Waals surface area contributed by atoms with E-state index in [0.29, 0.717) is 66.9 Å². The highest BCUT2D eigenvalue weighted by Gasteiger charge is 2.17. The monoisotopic (exact) mass is 1060 g/mol. The summed E-state index contributed by atoms with van der Waals surface area (Å²) >= 11 is 0. The van der Waals surface area contributed by atoms with Crippen LogP contribution in [0.4, 0.5) is 30.6 Å². The topological polar surface area (TPSA) is 352 Å². The Morgan fingerprint density at radius 2 is 0.779 bits per heavy atom. The van der Waals surface area contributed by atoms with Gasteiger partial charge >= 0.3 is 5.97 Å². The summed E-state index contributed by atoms with van der Waals surface area (Å²) in [6.07, 6.45) is 4.31. The number of carbonyl (C=O) groups excluding carboxylic acids is 2. The number of Topliss-reactive ketones (excluding diaryl/α,β-unsaturated/α-hetero) is 2. The van der Waals surface area contributed by atoms with Crippen LogP contribution in [0.5, 0.6) is 0 Å². The zero-order valence-electron chi connectivity index (χ0n) is 41.1. The number of aromatic nitrogens is 9. The molecule has 0 radical (unpaired) electrons. The standard InChI is InChI=1S/2C18H17FN4O2.C14H9FN4O2.C3H9NO.CH4/c2*1-10(8-24)4-16(25)12-5-11(6-13(19)7-12)14-2-3-15-17(23-14)18(20)22-9-21-15;15-9-4-7(3-8(5-9)14(20)21)10-1-2-11-12(19-10)13(16)18-6-17-11;1-3(4)2-5;/h2*2-3,5-7,9-10,24H,4,8H2,1H3,(H2,20,21,22);1-6H,(H,20,21)(H2,16,17,18);3,5H,2,4H2,1H3;1H4. The molecule has 20 nitrogen and oxygen atoms in total. The van der Waals surface area contributed by atoms with E-state index in [1.54, 1.807) is 69.3 Å². The van der Waals surface area contributed by atoms with Crippen LogP contribution < -0.4 is 22.9 Å². The molecule has 9 aromatic rings. The highest BCUT2D eigenvalue weighted by atomic mass is 19.1. The minimum Gasteiger partial charge on any atom is -0.478 e. The molecule has 3 atom stereocenters. The Hall–Kier alpha value is -9.03. The van der Waals surface area contributed by atoms with Crippen molar-refractivity contribution in [2.75, 3.05) is 37.0 Å². The van der Waals surface area contributed by atoms with E-state index in [1.807, 2.05) is 0 Å². The van der Waals surface area contributed by atoms with Crippen LogP contribution in [-0.4, -0.2) is 109 Å². The van der Waals surface area contributed by atoms with E-state index < -0.39 is 23.4 Å². The van der Waals surface area contributed by atoms with Crippen LogP contribution >= 0.6 is 0 Å². The van der Waals surface area contributed by atoms with E-state index >= 15 is 0 Å². The van der Waals surface area contributed by atoms with Gasteiger partial charge in [-0.05, 0) is 110 Å². The average molecular weight is 1060 g/mol. The van der Waals surface area contributed by atoms with E-state index in [1.165, 1.54) is 55.4 Å². The molecule has 3 unspecified atom stereocenters. The molecule has 23 heteroatoms. The largest absolute Gasteiger partial charge is 0.478 e. The van der Waals surface area contributed by atoms with Gasteiger partial charge in [0.2, 0.25) is 0 Å². The molecule has 3 aromatic carbocycles. The molecular formula is C54H56F3N13O7. The van der Waals surface area contributed by atoms with Gasteiger partial charge in [-0.2, -0.15) is 0 Å². The summed E-state index contributed by atoms with van der Waals surface area (Å²) in [5.41, 5.74) is 28.3. The molecule has 0 saturated carbocycles. The fraction of sp³-hybridized carbons (Fsp3) is 0.222. The number of pyridine rings is 3. The van der Waals surface area contributed by atoms with Crippen LogP contribution in [0.3, 0.4) is 0 Å². The maximum atomic E-state index is 14.0. The van der Waals surface area contributed by atoms with Gasteiger partial charge in [0.25, 0.3) is 0 Å². The molecule has 0 aliphatic rings. The van der Waals surface area contributed by atoms with Crippen molar-refractivity contribution in [3.8, 4) is 33.8 Å². The highest BCUT2D eigenvalue weighted by Crippen LogP contribution is 2.28. The van der Waals surface area contributed by atoms with Gasteiger partial charge in [-0.15, -0.1) is 0 Å². The lowest BCUT2D eigenvalue weighted by molar-refractivity contribution is 0.0695. The maximum Gasteiger partial charge on any atom is 0.335 e. The number of fused-ring (bicyclic) bond motifs is 3. The fourth-order valence-electron chi connectivity index (χ4n) is 7.01. The Kier molecular flexibility index (Phi) is 20.6. The first-order valence-electron chi connectivity index (χ1n) is 23.2. The van der Waals surface area contributed by atoms with Crippen molar-refractivity contribution in [1.82, 2.24) is 44.9 Å². The number of hydrogen-bond acceptors (Lipinski definition) is 19. The zero-order valence-corrected chi connectivity index (χ0v) is 41.1. The first-order valence-corrected chi connectivity index (χ1v) is 23.2. The first kappa shape index (κ1) is 58.9. The van der Waals surface area contributed by atoms with Gasteiger partial charge in [0, 0.05) is 59.9 Å². The Bertz CT molecular complexity index is 3400. The molecule has 400 valence electrons. The number of carboxylic acid groups (broad SMARTS) is 1. The molecule has 0 aliphatic carbocycles. The smallest absolute Gasteiger partial charge is 0.335 e. The van der Waals surface area contributed by atoms with Crippen molar-refractivity contribution >= 4 is 68.1 Å². The minimum atomic E-state index is -1.21. The second kappa shape index (κ2) is 27.0. The molecule has 6 heterocycles. The summed E-state index contributed by atoms with van der Waals surface area (Å²) in [4.78, 5) is 72.4. The Morgan fingerprint density at radius 1 is 0.481 bits per heavy atom. The summed E-state index contributed by atoms with van der Waals surface area (Å²) < 4.78 is 41.5. The predicted octanol–water partition coefficient (Wildman–Crippen LogP) is 7.30. The highest BCUT2D eigenvalue weighted by molar-refractivity contribution is 5.98. The number of aliphatic hydroxyl groups excluding tert-OH is 3. The summed E-state index contributed by atoms with van der Waals surface area (Å²) in [5, 5.41) is 35.2. The third kappa shape index (κ3) is 15.8. The van der Waals surface area contributed by atoms with E-state index in [2.05, 4.69) is 44.9 Å². The van der Waals surface area contributed by atoms with Crippen LogP contribution in [0.2, 0.25) is 0 Å². The van der Waals surface area contributed by atoms with Crippen LogP contribution in [0.25, 0.3) is 66.9 Å². The van der Waals surface area contributed by atoms with Crippen LogP contribution in [0, 0.1) is 29.3 Å². The predicted molar refractivity (Wildman–Crippen MR) is 286 cm³/mol. The van der Waals surface area contributed by atoms with Gasteiger partial charge in [-0.25, -0.2) is 62.8 Å². The van der Waals surface area contributed by atoms with Gasteiger partial charge in [-0.1, -0.05) is 21.3 Å². The summed E-state index contributed by atoms with van der Waals surface area (Å²) in [6.45, 7) is 5.15. The maximum absolute atomic E-state index is 14.0. The summed E-state index contributed by atoms with van der Waals surface area (Å²) in [5.74, 6) is -3.08. The average Bonchev–Trinajstić information content (AvgIpc) is 3.41. The molecule has 9 rings (SSSR count). The number of nitrogens with two attached hydrogens (primary N) is 4. The second-order valence-corrected chi connectivity index (χ2v) is 17.5. The zero-order chi connectivity index (χ0) is 55.2. The molecular weight excluding hydrogens is 1000 g/mol. The molecule has 77 heavy (non-hydrogen) atoms. The second-order valence-electron chi connectivity index (χ2n) is 17.5.